The third-order valence-electron chi connectivity index (χ3n) is 4.22. The average Bonchev–Trinajstić information content (AvgIpc) is 3.09. The zero-order valence-corrected chi connectivity index (χ0v) is 15.3. The molecule has 0 amide bonds. The molecule has 0 bridgehead atoms. The van der Waals surface area contributed by atoms with Crippen molar-refractivity contribution in [2.75, 3.05) is 17.3 Å². The van der Waals surface area contributed by atoms with Crippen molar-refractivity contribution in [2.24, 2.45) is 13.0 Å². The van der Waals surface area contributed by atoms with E-state index in [2.05, 4.69) is 10.2 Å². The first-order valence-electron chi connectivity index (χ1n) is 7.84. The Kier molecular flexibility index (Phi) is 5.24. The second-order valence-electron chi connectivity index (χ2n) is 6.15. The fourth-order valence-corrected chi connectivity index (χ4v) is 5.48. The average molecular weight is 383 g/mol. The summed E-state index contributed by atoms with van der Waals surface area (Å²) < 4.78 is 37.8. The topological polar surface area (TPSA) is 81.9 Å². The van der Waals surface area contributed by atoms with Crippen molar-refractivity contribution in [3.05, 3.63) is 41.5 Å². The number of halogens is 1. The van der Waals surface area contributed by atoms with Gasteiger partial charge in [0.15, 0.2) is 20.8 Å². The van der Waals surface area contributed by atoms with E-state index in [1.807, 2.05) is 7.05 Å². The van der Waals surface area contributed by atoms with E-state index in [1.54, 1.807) is 4.57 Å². The van der Waals surface area contributed by atoms with Crippen LogP contribution < -0.4 is 0 Å². The minimum atomic E-state index is -2.91. The normalized spacial score (nSPS) is 19.2. The maximum atomic E-state index is 12.9. The van der Waals surface area contributed by atoms with Gasteiger partial charge in [-0.15, -0.1) is 10.2 Å². The lowest BCUT2D eigenvalue weighted by atomic mass is 10.1. The van der Waals surface area contributed by atoms with E-state index in [0.717, 1.165) is 5.82 Å². The Morgan fingerprint density at radius 3 is 2.68 bits per heavy atom. The molecule has 1 aliphatic heterocycles. The van der Waals surface area contributed by atoms with Crippen LogP contribution in [0, 0.1) is 11.7 Å². The molecule has 2 aromatic rings. The lowest BCUT2D eigenvalue weighted by Gasteiger charge is -2.07. The van der Waals surface area contributed by atoms with Crippen LogP contribution in [0.3, 0.4) is 0 Å². The molecule has 1 saturated heterocycles. The van der Waals surface area contributed by atoms with Crippen molar-refractivity contribution in [3.63, 3.8) is 0 Å². The van der Waals surface area contributed by atoms with E-state index in [1.165, 1.54) is 36.0 Å². The van der Waals surface area contributed by atoms with Crippen molar-refractivity contribution < 1.29 is 17.6 Å². The quantitative estimate of drug-likeness (QED) is 0.560. The molecule has 2 heterocycles. The van der Waals surface area contributed by atoms with E-state index in [9.17, 15) is 17.6 Å². The van der Waals surface area contributed by atoms with Crippen LogP contribution in [-0.2, 0) is 23.3 Å². The summed E-state index contributed by atoms with van der Waals surface area (Å²) in [5, 5.41) is 8.82. The van der Waals surface area contributed by atoms with Gasteiger partial charge >= 0.3 is 0 Å². The van der Waals surface area contributed by atoms with Gasteiger partial charge in [-0.1, -0.05) is 11.8 Å². The van der Waals surface area contributed by atoms with Gasteiger partial charge in [-0.05, 0) is 36.6 Å². The molecule has 0 aliphatic carbocycles. The Bertz CT molecular complexity index is 879. The Morgan fingerprint density at radius 2 is 2.04 bits per heavy atom. The van der Waals surface area contributed by atoms with Crippen molar-refractivity contribution in [2.45, 2.75) is 18.0 Å². The van der Waals surface area contributed by atoms with E-state index in [0.29, 0.717) is 23.6 Å². The standard InChI is InChI=1S/C16H18FN3O3S2/c1-20-15(8-11-6-7-25(22,23)10-11)18-19-16(20)24-9-14(21)12-2-4-13(17)5-3-12/h2-5,11H,6-10H2,1H3/t11-/m1/s1. The molecule has 1 aromatic heterocycles. The second kappa shape index (κ2) is 7.25. The molecule has 3 rings (SSSR count). The highest BCUT2D eigenvalue weighted by Crippen LogP contribution is 2.24. The third-order valence-corrected chi connectivity index (χ3v) is 7.08. The molecule has 6 nitrogen and oxygen atoms in total. The van der Waals surface area contributed by atoms with Crippen LogP contribution in [0.4, 0.5) is 4.39 Å². The van der Waals surface area contributed by atoms with Crippen LogP contribution in [0.2, 0.25) is 0 Å². The third kappa shape index (κ3) is 4.46. The minimum Gasteiger partial charge on any atom is -0.309 e. The van der Waals surface area contributed by atoms with E-state index in [4.69, 9.17) is 0 Å². The number of sulfone groups is 1. The summed E-state index contributed by atoms with van der Waals surface area (Å²) in [6.45, 7) is 0. The van der Waals surface area contributed by atoms with Crippen molar-refractivity contribution >= 4 is 27.4 Å². The lowest BCUT2D eigenvalue weighted by Crippen LogP contribution is -2.11. The van der Waals surface area contributed by atoms with Gasteiger partial charge in [-0.2, -0.15) is 0 Å². The minimum absolute atomic E-state index is 0.0756. The number of aromatic nitrogens is 3. The number of benzene rings is 1. The Morgan fingerprint density at radius 1 is 1.32 bits per heavy atom. The van der Waals surface area contributed by atoms with Gasteiger partial charge in [0.05, 0.1) is 17.3 Å². The first-order chi connectivity index (χ1) is 11.8. The number of hydrogen-bond donors (Lipinski definition) is 0. The van der Waals surface area contributed by atoms with Crippen LogP contribution in [0.5, 0.6) is 0 Å². The molecule has 134 valence electrons. The number of nitrogens with zero attached hydrogens (tertiary/aromatic N) is 3. The highest BCUT2D eigenvalue weighted by molar-refractivity contribution is 7.99. The number of ketones is 1. The number of rotatable bonds is 6. The van der Waals surface area contributed by atoms with Gasteiger partial charge in [0, 0.05) is 19.0 Å². The molecule has 0 unspecified atom stereocenters. The number of hydrogen-bond acceptors (Lipinski definition) is 6. The summed E-state index contributed by atoms with van der Waals surface area (Å²) in [6, 6.07) is 5.43. The Balaban J connectivity index is 1.59. The number of thioether (sulfide) groups is 1. The summed E-state index contributed by atoms with van der Waals surface area (Å²) in [4.78, 5) is 12.1. The van der Waals surface area contributed by atoms with Crippen molar-refractivity contribution in [1.29, 1.82) is 0 Å². The first-order valence-corrected chi connectivity index (χ1v) is 10.6. The molecular formula is C16H18FN3O3S2. The maximum Gasteiger partial charge on any atom is 0.191 e. The zero-order chi connectivity index (χ0) is 18.0. The summed E-state index contributed by atoms with van der Waals surface area (Å²) in [5.74, 6) is 0.919. The van der Waals surface area contributed by atoms with E-state index in [-0.39, 0.29) is 34.8 Å². The molecule has 0 radical (unpaired) electrons. The molecule has 1 aromatic carbocycles. The number of carbonyl (C=O) groups excluding carboxylic acids is 1. The van der Waals surface area contributed by atoms with Crippen LogP contribution in [-0.4, -0.2) is 46.2 Å². The number of Topliss-reactive ketones (excluding diaryl/α,β-unsaturated/α-hetero) is 1. The van der Waals surface area contributed by atoms with Crippen LogP contribution in [0.15, 0.2) is 29.4 Å². The number of carbonyl (C=O) groups is 1. The summed E-state index contributed by atoms with van der Waals surface area (Å²) in [7, 11) is -1.10. The Hall–Kier alpha value is -1.74. The van der Waals surface area contributed by atoms with Gasteiger partial charge in [0.1, 0.15) is 11.6 Å². The van der Waals surface area contributed by atoms with Crippen molar-refractivity contribution in [1.82, 2.24) is 14.8 Å². The molecule has 1 aliphatic rings. The van der Waals surface area contributed by atoms with Gasteiger partial charge in [-0.3, -0.25) is 4.79 Å². The predicted molar refractivity (Wildman–Crippen MR) is 92.9 cm³/mol. The highest BCUT2D eigenvalue weighted by Gasteiger charge is 2.29. The zero-order valence-electron chi connectivity index (χ0n) is 13.7. The van der Waals surface area contributed by atoms with E-state index < -0.39 is 9.84 Å². The molecule has 0 spiro atoms. The largest absolute Gasteiger partial charge is 0.309 e. The van der Waals surface area contributed by atoms with Gasteiger partial charge < -0.3 is 4.57 Å². The van der Waals surface area contributed by atoms with Gasteiger partial charge in [0.25, 0.3) is 0 Å². The smallest absolute Gasteiger partial charge is 0.191 e. The summed E-state index contributed by atoms with van der Waals surface area (Å²) in [6.07, 6.45) is 1.22. The Labute approximate surface area is 149 Å². The fourth-order valence-electron chi connectivity index (χ4n) is 2.79. The molecular weight excluding hydrogens is 365 g/mol. The predicted octanol–water partition coefficient (Wildman–Crippen LogP) is 1.91. The molecule has 1 fully saturated rings. The molecule has 25 heavy (non-hydrogen) atoms. The van der Waals surface area contributed by atoms with E-state index >= 15 is 0 Å². The first kappa shape index (κ1) is 18.1. The molecule has 1 atom stereocenters. The van der Waals surface area contributed by atoms with Gasteiger partial charge in [-0.25, -0.2) is 12.8 Å². The molecule has 0 saturated carbocycles. The monoisotopic (exact) mass is 383 g/mol. The molecule has 9 heteroatoms. The lowest BCUT2D eigenvalue weighted by molar-refractivity contribution is 0.102. The summed E-state index contributed by atoms with van der Waals surface area (Å²) in [5.41, 5.74) is 0.451. The van der Waals surface area contributed by atoms with Gasteiger partial charge in [0.2, 0.25) is 0 Å². The fraction of sp³-hybridized carbons (Fsp3) is 0.438. The maximum absolute atomic E-state index is 12.9. The second-order valence-corrected chi connectivity index (χ2v) is 9.32. The summed E-state index contributed by atoms with van der Waals surface area (Å²) >= 11 is 1.26. The van der Waals surface area contributed by atoms with Crippen LogP contribution in [0.1, 0.15) is 22.6 Å². The highest BCUT2D eigenvalue weighted by atomic mass is 32.2. The SMILES string of the molecule is Cn1c(C[C@H]2CCS(=O)(=O)C2)nnc1SCC(=O)c1ccc(F)cc1. The van der Waals surface area contributed by atoms with Crippen LogP contribution in [0.25, 0.3) is 0 Å². The van der Waals surface area contributed by atoms with Crippen molar-refractivity contribution in [3.8, 4) is 0 Å². The molecule has 0 N–H and O–H groups in total. The van der Waals surface area contributed by atoms with Crippen LogP contribution >= 0.6 is 11.8 Å².